The lowest BCUT2D eigenvalue weighted by Crippen LogP contribution is -2.47. The molecule has 9 nitrogen and oxygen atoms in total. The molecule has 3 amide bonds. The van der Waals surface area contributed by atoms with Gasteiger partial charge in [-0.2, -0.15) is 0 Å². The minimum Gasteiger partial charge on any atom is -0.370 e. The Morgan fingerprint density at radius 1 is 0.960 bits per heavy atom. The minimum atomic E-state index is -0.432. The highest BCUT2D eigenvalue weighted by molar-refractivity contribution is 8.01. The maximum atomic E-state index is 14.2. The average molecular weight is 697 g/mol. The van der Waals surface area contributed by atoms with Gasteiger partial charge in [-0.1, -0.05) is 69.3 Å². The monoisotopic (exact) mass is 696 g/mol. The zero-order valence-electron chi connectivity index (χ0n) is 30.0. The van der Waals surface area contributed by atoms with Crippen LogP contribution in [0.3, 0.4) is 0 Å². The number of carbonyl (C=O) groups is 3. The predicted octanol–water partition coefficient (Wildman–Crippen LogP) is 6.22. The van der Waals surface area contributed by atoms with Gasteiger partial charge >= 0.3 is 0 Å². The highest BCUT2D eigenvalue weighted by atomic mass is 32.2. The molecule has 2 aromatic carbocycles. The number of para-hydroxylation sites is 1. The lowest BCUT2D eigenvalue weighted by molar-refractivity contribution is -0.136. The van der Waals surface area contributed by atoms with E-state index in [-0.39, 0.29) is 35.1 Å². The second kappa shape index (κ2) is 16.0. The number of pyridine rings is 1. The van der Waals surface area contributed by atoms with Crippen LogP contribution in [0, 0.1) is 5.41 Å². The Hall–Kier alpha value is -3.89. The lowest BCUT2D eigenvalue weighted by atomic mass is 9.92. The van der Waals surface area contributed by atoms with E-state index in [2.05, 4.69) is 97.2 Å². The predicted molar refractivity (Wildman–Crippen MR) is 202 cm³/mol. The first kappa shape index (κ1) is 35.9. The summed E-state index contributed by atoms with van der Waals surface area (Å²) in [6.07, 6.45) is 7.78. The third kappa shape index (κ3) is 8.52. The number of amides is 3. The van der Waals surface area contributed by atoms with E-state index in [0.29, 0.717) is 38.5 Å². The first-order valence-corrected chi connectivity index (χ1v) is 19.0. The number of likely N-dealkylation sites (tertiary alicyclic amines) is 2. The highest BCUT2D eigenvalue weighted by Gasteiger charge is 2.44. The van der Waals surface area contributed by atoms with Crippen LogP contribution in [0.4, 0.5) is 11.4 Å². The van der Waals surface area contributed by atoms with Crippen molar-refractivity contribution < 1.29 is 14.4 Å². The summed E-state index contributed by atoms with van der Waals surface area (Å²) in [5.41, 5.74) is 4.48. The summed E-state index contributed by atoms with van der Waals surface area (Å²) in [5.74, 6) is 0.0724. The Morgan fingerprint density at radius 2 is 1.68 bits per heavy atom. The SMILES string of the molecule is CN(c1ccccc1C1SC(CC(=O)N2CCC(N(C=O)c3cccnc3)CC2)C(=O)N1CCC(C)(C)C)[C@@H]1CCN(Cc2ccccc2)C1. The second-order valence-electron chi connectivity index (χ2n) is 15.2. The van der Waals surface area contributed by atoms with E-state index in [1.54, 1.807) is 29.1 Å². The van der Waals surface area contributed by atoms with E-state index < -0.39 is 5.25 Å². The summed E-state index contributed by atoms with van der Waals surface area (Å²) in [6.45, 7) is 11.4. The summed E-state index contributed by atoms with van der Waals surface area (Å²) in [6, 6.07) is 23.3. The Bertz CT molecular complexity index is 1590. The van der Waals surface area contributed by atoms with Gasteiger partial charge in [0.15, 0.2) is 0 Å². The van der Waals surface area contributed by atoms with Gasteiger partial charge in [-0.3, -0.25) is 24.3 Å². The number of nitrogens with zero attached hydrogens (tertiary/aromatic N) is 6. The van der Waals surface area contributed by atoms with Crippen LogP contribution in [0.1, 0.15) is 69.4 Å². The van der Waals surface area contributed by atoms with Gasteiger partial charge in [0.2, 0.25) is 18.2 Å². The van der Waals surface area contributed by atoms with Crippen molar-refractivity contribution in [1.29, 1.82) is 0 Å². The standard InChI is InChI=1S/C40H52N6O3S/c1-40(2,3)19-24-45-38(49)36(25-37(48)44-22-17-31(18-23-44)46(29-47)32-13-10-20-41-26-32)50-39(45)34-14-8-9-15-35(34)42(4)33-16-21-43(28-33)27-30-11-6-5-7-12-30/h5-15,20,26,29,31,33,36,39H,16-19,21-25,27-28H2,1-4H3/t33-,36?,39?/m1/s1. The Labute approximate surface area is 302 Å². The lowest BCUT2D eigenvalue weighted by Gasteiger charge is -2.37. The summed E-state index contributed by atoms with van der Waals surface area (Å²) < 4.78 is 0. The minimum absolute atomic E-state index is 0.0132. The van der Waals surface area contributed by atoms with Crippen LogP contribution in [0.15, 0.2) is 79.1 Å². The molecule has 3 atom stereocenters. The van der Waals surface area contributed by atoms with Gasteiger partial charge in [-0.15, -0.1) is 11.8 Å². The van der Waals surface area contributed by atoms with Crippen LogP contribution in [0.5, 0.6) is 0 Å². The van der Waals surface area contributed by atoms with Crippen molar-refractivity contribution in [2.24, 2.45) is 5.41 Å². The van der Waals surface area contributed by atoms with Crippen LogP contribution in [-0.2, 0) is 20.9 Å². The molecule has 0 aliphatic carbocycles. The van der Waals surface area contributed by atoms with E-state index in [0.717, 1.165) is 55.8 Å². The van der Waals surface area contributed by atoms with E-state index in [1.165, 1.54) is 5.56 Å². The molecule has 3 fully saturated rings. The fraction of sp³-hybridized carbons (Fsp3) is 0.500. The van der Waals surface area contributed by atoms with E-state index >= 15 is 0 Å². The van der Waals surface area contributed by atoms with Gasteiger partial charge in [-0.05, 0) is 54.9 Å². The molecular weight excluding hydrogens is 645 g/mol. The number of hydrogen-bond acceptors (Lipinski definition) is 7. The molecule has 50 heavy (non-hydrogen) atoms. The number of rotatable bonds is 12. The van der Waals surface area contributed by atoms with Crippen molar-refractivity contribution in [2.75, 3.05) is 49.6 Å². The van der Waals surface area contributed by atoms with Crippen LogP contribution in [0.25, 0.3) is 0 Å². The molecule has 3 saturated heterocycles. The molecule has 3 aliphatic rings. The fourth-order valence-electron chi connectivity index (χ4n) is 7.52. The molecule has 3 aromatic rings. The number of thioether (sulfide) groups is 1. The molecule has 10 heteroatoms. The van der Waals surface area contributed by atoms with Crippen molar-refractivity contribution >= 4 is 41.4 Å². The van der Waals surface area contributed by atoms with Crippen molar-refractivity contribution in [3.8, 4) is 0 Å². The number of benzene rings is 2. The molecular formula is C40H52N6O3S. The molecule has 0 spiro atoms. The van der Waals surface area contributed by atoms with Crippen molar-refractivity contribution in [2.45, 2.75) is 82.1 Å². The van der Waals surface area contributed by atoms with Gasteiger partial charge in [-0.25, -0.2) is 0 Å². The third-order valence-corrected chi connectivity index (χ3v) is 12.0. The first-order chi connectivity index (χ1) is 24.1. The maximum Gasteiger partial charge on any atom is 0.237 e. The quantitative estimate of drug-likeness (QED) is 0.208. The molecule has 0 bridgehead atoms. The summed E-state index contributed by atoms with van der Waals surface area (Å²) in [7, 11) is 2.20. The Kier molecular flexibility index (Phi) is 11.5. The topological polar surface area (TPSA) is 80.3 Å². The molecule has 0 radical (unpaired) electrons. The number of piperidine rings is 1. The van der Waals surface area contributed by atoms with Gasteiger partial charge in [0, 0.05) is 82.3 Å². The van der Waals surface area contributed by atoms with Crippen LogP contribution in [0.2, 0.25) is 0 Å². The average Bonchev–Trinajstić information content (AvgIpc) is 3.72. The van der Waals surface area contributed by atoms with Crippen molar-refractivity contribution in [3.05, 3.63) is 90.3 Å². The normalized spacial score (nSPS) is 21.8. The van der Waals surface area contributed by atoms with Crippen LogP contribution >= 0.6 is 11.8 Å². The Morgan fingerprint density at radius 3 is 2.38 bits per heavy atom. The van der Waals surface area contributed by atoms with E-state index in [1.807, 2.05) is 21.9 Å². The van der Waals surface area contributed by atoms with E-state index in [9.17, 15) is 14.4 Å². The summed E-state index contributed by atoms with van der Waals surface area (Å²) in [4.78, 5) is 54.6. The molecule has 266 valence electrons. The van der Waals surface area contributed by atoms with Crippen molar-refractivity contribution in [1.82, 2.24) is 19.7 Å². The van der Waals surface area contributed by atoms with Gasteiger partial charge < -0.3 is 19.6 Å². The largest absolute Gasteiger partial charge is 0.370 e. The maximum absolute atomic E-state index is 14.2. The zero-order valence-corrected chi connectivity index (χ0v) is 30.8. The van der Waals surface area contributed by atoms with Gasteiger partial charge in [0.25, 0.3) is 0 Å². The smallest absolute Gasteiger partial charge is 0.237 e. The molecule has 4 heterocycles. The van der Waals surface area contributed by atoms with Crippen LogP contribution < -0.4 is 9.80 Å². The van der Waals surface area contributed by atoms with Gasteiger partial charge in [0.05, 0.1) is 17.1 Å². The summed E-state index contributed by atoms with van der Waals surface area (Å²) >= 11 is 1.64. The van der Waals surface area contributed by atoms with Gasteiger partial charge in [0.1, 0.15) is 5.37 Å². The second-order valence-corrected chi connectivity index (χ2v) is 16.5. The summed E-state index contributed by atoms with van der Waals surface area (Å²) in [5, 5.41) is -0.590. The first-order valence-electron chi connectivity index (χ1n) is 18.1. The number of anilines is 2. The molecule has 2 unspecified atom stereocenters. The fourth-order valence-corrected chi connectivity index (χ4v) is 9.02. The van der Waals surface area contributed by atoms with E-state index in [4.69, 9.17) is 0 Å². The molecule has 1 aromatic heterocycles. The molecule has 0 N–H and O–H groups in total. The molecule has 6 rings (SSSR count). The zero-order chi connectivity index (χ0) is 35.3. The number of hydrogen-bond donors (Lipinski definition) is 0. The third-order valence-electron chi connectivity index (χ3n) is 10.5. The highest BCUT2D eigenvalue weighted by Crippen LogP contribution is 2.48. The number of aromatic nitrogens is 1. The molecule has 3 aliphatic heterocycles. The van der Waals surface area contributed by atoms with Crippen molar-refractivity contribution in [3.63, 3.8) is 0 Å². The molecule has 0 saturated carbocycles. The van der Waals surface area contributed by atoms with Crippen LogP contribution in [-0.4, -0.2) is 95.0 Å². The Balaban J connectivity index is 1.13. The number of likely N-dealkylation sites (N-methyl/N-ethyl adjacent to an activating group) is 1. The number of carbonyl (C=O) groups excluding carboxylic acids is 3.